The number of imide groups is 1. The average molecular weight is 436 g/mol. The zero-order valence-electron chi connectivity index (χ0n) is 15.9. The van der Waals surface area contributed by atoms with E-state index in [4.69, 9.17) is 15.9 Å². The number of thioether (sulfide) groups is 1. The molecule has 0 aromatic rings. The topological polar surface area (TPSA) is 206 Å². The molecule has 0 aliphatic carbocycles. The summed E-state index contributed by atoms with van der Waals surface area (Å²) in [6, 6.07) is -3.89. The van der Waals surface area contributed by atoms with E-state index in [2.05, 4.69) is 15.2 Å². The van der Waals surface area contributed by atoms with Crippen LogP contribution in [0.5, 0.6) is 0 Å². The number of carbonyl (C=O) groups excluding carboxylic acids is 3. The highest BCUT2D eigenvalue weighted by Gasteiger charge is 2.29. The van der Waals surface area contributed by atoms with Crippen molar-refractivity contribution in [2.75, 3.05) is 25.2 Å². The highest BCUT2D eigenvalue weighted by atomic mass is 32.2. The van der Waals surface area contributed by atoms with Crippen LogP contribution in [-0.4, -0.2) is 88.2 Å². The second kappa shape index (κ2) is 13.4. The average Bonchev–Trinajstić information content (AvgIpc) is 2.67. The third-order valence-corrected chi connectivity index (χ3v) is 4.62. The Kier molecular flexibility index (Phi) is 12.2. The molecular formula is C15H24N4O9S. The van der Waals surface area contributed by atoms with E-state index in [0.29, 0.717) is 4.90 Å². The van der Waals surface area contributed by atoms with E-state index < -0.39 is 48.0 Å². The van der Waals surface area contributed by atoms with Gasteiger partial charge in [-0.25, -0.2) is 14.5 Å². The van der Waals surface area contributed by atoms with E-state index in [9.17, 15) is 28.9 Å². The maximum Gasteiger partial charge on any atom is 0.413 e. The number of amides is 3. The third-order valence-electron chi connectivity index (χ3n) is 3.50. The number of carboxylic acids is 1. The summed E-state index contributed by atoms with van der Waals surface area (Å²) in [4.78, 5) is 68.6. The quantitative estimate of drug-likeness (QED) is 0.208. The molecule has 0 rings (SSSR count). The first-order chi connectivity index (χ1) is 13.5. The van der Waals surface area contributed by atoms with Crippen LogP contribution in [0.1, 0.15) is 19.8 Å². The number of carbonyl (C=O) groups is 5. The Bertz CT molecular complexity index is 631. The van der Waals surface area contributed by atoms with Crippen molar-refractivity contribution in [1.82, 2.24) is 10.2 Å². The number of nitrogens with two attached hydrogens (primary N) is 1. The number of hydrogen-bond acceptors (Lipinski definition) is 10. The number of rotatable bonds is 13. The molecule has 3 amide bonds. The van der Waals surface area contributed by atoms with Crippen molar-refractivity contribution in [3.8, 4) is 0 Å². The second-order valence-electron chi connectivity index (χ2n) is 5.69. The Labute approximate surface area is 170 Å². The highest BCUT2D eigenvalue weighted by molar-refractivity contribution is 7.99. The summed E-state index contributed by atoms with van der Waals surface area (Å²) in [5.41, 5.74) is 5.30. The van der Waals surface area contributed by atoms with Gasteiger partial charge in [0, 0.05) is 25.0 Å². The molecule has 0 aliphatic heterocycles. The number of aliphatic carboxylic acids is 1. The van der Waals surface area contributed by atoms with Crippen molar-refractivity contribution in [1.29, 1.82) is 0 Å². The Morgan fingerprint density at radius 1 is 1.21 bits per heavy atom. The van der Waals surface area contributed by atoms with Crippen molar-refractivity contribution < 1.29 is 38.9 Å². The summed E-state index contributed by atoms with van der Waals surface area (Å²) in [6.45, 7) is 1.60. The van der Waals surface area contributed by atoms with Crippen molar-refractivity contribution >= 4 is 41.6 Å². The van der Waals surface area contributed by atoms with Crippen molar-refractivity contribution in [3.05, 3.63) is 4.91 Å². The molecular weight excluding hydrogens is 412 g/mol. The zero-order valence-corrected chi connectivity index (χ0v) is 16.7. The van der Waals surface area contributed by atoms with Crippen LogP contribution in [0.3, 0.4) is 0 Å². The first-order valence-electron chi connectivity index (χ1n) is 8.40. The van der Waals surface area contributed by atoms with Gasteiger partial charge in [-0.2, -0.15) is 11.8 Å². The minimum atomic E-state index is -1.55. The third kappa shape index (κ3) is 9.84. The van der Waals surface area contributed by atoms with Gasteiger partial charge in [-0.05, 0) is 13.3 Å². The van der Waals surface area contributed by atoms with Crippen molar-refractivity contribution in [3.63, 3.8) is 0 Å². The lowest BCUT2D eigenvalue weighted by Gasteiger charge is -2.22. The van der Waals surface area contributed by atoms with Crippen LogP contribution >= 0.6 is 11.8 Å². The molecule has 0 heterocycles. The smallest absolute Gasteiger partial charge is 0.413 e. The van der Waals surface area contributed by atoms with E-state index in [1.165, 1.54) is 0 Å². The predicted octanol–water partition coefficient (Wildman–Crippen LogP) is -0.769. The van der Waals surface area contributed by atoms with E-state index in [1.807, 2.05) is 0 Å². The molecule has 0 aliphatic rings. The Morgan fingerprint density at radius 2 is 1.83 bits per heavy atom. The van der Waals surface area contributed by atoms with Gasteiger partial charge < -0.3 is 26.0 Å². The molecule has 29 heavy (non-hydrogen) atoms. The largest absolute Gasteiger partial charge is 0.480 e. The first kappa shape index (κ1) is 26.3. The summed E-state index contributed by atoms with van der Waals surface area (Å²) < 4.78 is 4.68. The lowest BCUT2D eigenvalue weighted by Crippen LogP contribution is -2.50. The molecule has 164 valence electrons. The summed E-state index contributed by atoms with van der Waals surface area (Å²) >= 11 is 0.908. The predicted molar refractivity (Wildman–Crippen MR) is 101 cm³/mol. The summed E-state index contributed by atoms with van der Waals surface area (Å²) in [5.74, 6) is -4.12. The molecule has 3 atom stereocenters. The fourth-order valence-corrected chi connectivity index (χ4v) is 2.87. The number of nitroso groups, excluding NO2 is 1. The molecule has 14 heteroatoms. The Morgan fingerprint density at radius 3 is 2.31 bits per heavy atom. The Hall–Kier alpha value is -2.74. The summed E-state index contributed by atoms with van der Waals surface area (Å²) in [6.07, 6.45) is -2.05. The van der Waals surface area contributed by atoms with Crippen LogP contribution in [0.15, 0.2) is 5.18 Å². The van der Waals surface area contributed by atoms with Gasteiger partial charge in [0.2, 0.25) is 5.91 Å². The lowest BCUT2D eigenvalue weighted by molar-refractivity contribution is -0.144. The first-order valence-corrected chi connectivity index (χ1v) is 9.55. The number of carboxylic acid groups (broad SMARTS) is 2. The SMILES string of the molecule is CCOC(=O)C(CSCC(NC(=O)CCC(N)C(=O)O)C(=O)N(C)C(=O)O)N=O. The molecule has 0 saturated heterocycles. The minimum Gasteiger partial charge on any atom is -0.480 e. The van der Waals surface area contributed by atoms with Gasteiger partial charge >= 0.3 is 18.0 Å². The number of esters is 1. The molecule has 0 radical (unpaired) electrons. The molecule has 0 saturated carbocycles. The Balaban J connectivity index is 4.97. The van der Waals surface area contributed by atoms with E-state index in [-0.39, 0.29) is 31.0 Å². The molecule has 13 nitrogen and oxygen atoms in total. The number of nitrogens with one attached hydrogen (secondary N) is 1. The van der Waals surface area contributed by atoms with Crippen molar-refractivity contribution in [2.45, 2.75) is 37.9 Å². The van der Waals surface area contributed by atoms with E-state index in [1.54, 1.807) is 6.92 Å². The maximum atomic E-state index is 12.3. The molecule has 3 unspecified atom stereocenters. The van der Waals surface area contributed by atoms with Gasteiger partial charge in [0.1, 0.15) is 12.1 Å². The monoisotopic (exact) mass is 436 g/mol. The van der Waals surface area contributed by atoms with Gasteiger partial charge in [0.15, 0.2) is 6.04 Å². The van der Waals surface area contributed by atoms with Gasteiger partial charge in [0.25, 0.3) is 5.91 Å². The van der Waals surface area contributed by atoms with Crippen LogP contribution < -0.4 is 11.1 Å². The van der Waals surface area contributed by atoms with Gasteiger partial charge in [-0.3, -0.25) is 14.4 Å². The molecule has 0 spiro atoms. The number of hydrogen-bond donors (Lipinski definition) is 4. The molecule has 0 fully saturated rings. The van der Waals surface area contributed by atoms with Crippen molar-refractivity contribution in [2.24, 2.45) is 10.9 Å². The van der Waals surface area contributed by atoms with Crippen LogP contribution in [0.4, 0.5) is 4.79 Å². The van der Waals surface area contributed by atoms with Crippen LogP contribution in [0.25, 0.3) is 0 Å². The summed E-state index contributed by atoms with van der Waals surface area (Å²) in [5, 5.41) is 22.6. The van der Waals surface area contributed by atoms with Crippen LogP contribution in [-0.2, 0) is 23.9 Å². The molecule has 5 N–H and O–H groups in total. The normalized spacial score (nSPS) is 13.5. The minimum absolute atomic E-state index is 0.0502. The second-order valence-corrected chi connectivity index (χ2v) is 6.77. The van der Waals surface area contributed by atoms with Gasteiger partial charge in [-0.15, -0.1) is 4.91 Å². The van der Waals surface area contributed by atoms with Gasteiger partial charge in [-0.1, -0.05) is 5.18 Å². The summed E-state index contributed by atoms with van der Waals surface area (Å²) in [7, 11) is 0.989. The standard InChI is InChI=1S/C15H24N4O9S/c1-3-28-14(24)10(18-27)7-29-6-9(12(21)19(2)15(25)26)17-11(20)5-4-8(16)13(22)23/h8-10H,3-7,16H2,1-2H3,(H,17,20)(H,22,23)(H,25,26). The molecule has 0 bridgehead atoms. The highest BCUT2D eigenvalue weighted by Crippen LogP contribution is 2.11. The number of ether oxygens (including phenoxy) is 1. The van der Waals surface area contributed by atoms with E-state index in [0.717, 1.165) is 18.8 Å². The fourth-order valence-electron chi connectivity index (χ4n) is 1.86. The van der Waals surface area contributed by atoms with Crippen LogP contribution in [0, 0.1) is 4.91 Å². The van der Waals surface area contributed by atoms with Gasteiger partial charge in [0.05, 0.1) is 6.61 Å². The number of nitrogens with zero attached hydrogens (tertiary/aromatic N) is 2. The molecule has 0 aromatic heterocycles. The molecule has 0 aromatic carbocycles. The fraction of sp³-hybridized carbons (Fsp3) is 0.667. The lowest BCUT2D eigenvalue weighted by atomic mass is 10.1. The van der Waals surface area contributed by atoms with E-state index >= 15 is 0 Å². The number of likely N-dealkylation sites (N-methyl/N-ethyl adjacent to an activating group) is 1. The maximum absolute atomic E-state index is 12.3. The van der Waals surface area contributed by atoms with Crippen LogP contribution in [0.2, 0.25) is 0 Å². The zero-order chi connectivity index (χ0) is 22.6.